The molecule has 0 aliphatic carbocycles. The summed E-state index contributed by atoms with van der Waals surface area (Å²) in [5, 5.41) is 8.70. The monoisotopic (exact) mass is 194 g/mol. The highest BCUT2D eigenvalue weighted by atomic mass is 16.5. The van der Waals surface area contributed by atoms with Crippen molar-refractivity contribution in [1.29, 1.82) is 0 Å². The van der Waals surface area contributed by atoms with Crippen molar-refractivity contribution in [3.05, 3.63) is 35.4 Å². The molecule has 0 saturated carbocycles. The molecule has 0 amide bonds. The minimum Gasteiger partial charge on any atom is -0.469 e. The zero-order valence-electron chi connectivity index (χ0n) is 8.19. The fourth-order valence-electron chi connectivity index (χ4n) is 1.19. The van der Waals surface area contributed by atoms with E-state index in [2.05, 4.69) is 4.74 Å². The SMILES string of the molecule is COC(=O)Cc1ccc(CCO)cc1. The first-order chi connectivity index (χ1) is 6.76. The van der Waals surface area contributed by atoms with Gasteiger partial charge in [-0.2, -0.15) is 0 Å². The van der Waals surface area contributed by atoms with Gasteiger partial charge in [-0.15, -0.1) is 0 Å². The summed E-state index contributed by atoms with van der Waals surface area (Å²) in [5.41, 5.74) is 2.00. The van der Waals surface area contributed by atoms with Crippen molar-refractivity contribution in [3.63, 3.8) is 0 Å². The fourth-order valence-corrected chi connectivity index (χ4v) is 1.19. The molecule has 1 aromatic carbocycles. The number of esters is 1. The van der Waals surface area contributed by atoms with Gasteiger partial charge in [0.15, 0.2) is 0 Å². The molecule has 0 saturated heterocycles. The average Bonchev–Trinajstić information content (AvgIpc) is 2.21. The number of aliphatic hydroxyl groups is 1. The van der Waals surface area contributed by atoms with Gasteiger partial charge in [-0.1, -0.05) is 24.3 Å². The van der Waals surface area contributed by atoms with E-state index in [0.717, 1.165) is 11.1 Å². The van der Waals surface area contributed by atoms with Crippen LogP contribution < -0.4 is 0 Å². The topological polar surface area (TPSA) is 46.5 Å². The Morgan fingerprint density at radius 1 is 1.29 bits per heavy atom. The summed E-state index contributed by atoms with van der Waals surface area (Å²) < 4.78 is 4.55. The molecule has 0 bridgehead atoms. The van der Waals surface area contributed by atoms with Gasteiger partial charge < -0.3 is 9.84 Å². The van der Waals surface area contributed by atoms with Crippen molar-refractivity contribution in [3.8, 4) is 0 Å². The molecule has 1 aromatic rings. The summed E-state index contributed by atoms with van der Waals surface area (Å²) >= 11 is 0. The Hall–Kier alpha value is -1.35. The van der Waals surface area contributed by atoms with Crippen LogP contribution in [-0.2, 0) is 22.4 Å². The molecule has 3 nitrogen and oxygen atoms in total. The zero-order chi connectivity index (χ0) is 10.4. The Labute approximate surface area is 83.3 Å². The Balaban J connectivity index is 2.59. The van der Waals surface area contributed by atoms with Crippen LogP contribution in [0, 0.1) is 0 Å². The van der Waals surface area contributed by atoms with Gasteiger partial charge in [-0.05, 0) is 17.5 Å². The average molecular weight is 194 g/mol. The zero-order valence-corrected chi connectivity index (χ0v) is 8.19. The molecule has 1 N–H and O–H groups in total. The minimum atomic E-state index is -0.236. The van der Waals surface area contributed by atoms with E-state index in [0.29, 0.717) is 12.8 Å². The van der Waals surface area contributed by atoms with Crippen LogP contribution in [0.1, 0.15) is 11.1 Å². The predicted octanol–water partition coefficient (Wildman–Crippen LogP) is 0.937. The lowest BCUT2D eigenvalue weighted by atomic mass is 10.1. The van der Waals surface area contributed by atoms with Gasteiger partial charge >= 0.3 is 5.97 Å². The first-order valence-electron chi connectivity index (χ1n) is 4.51. The van der Waals surface area contributed by atoms with Gasteiger partial charge in [0.1, 0.15) is 0 Å². The summed E-state index contributed by atoms with van der Waals surface area (Å²) in [7, 11) is 1.38. The number of carbonyl (C=O) groups is 1. The number of methoxy groups -OCH3 is 1. The molecule has 0 radical (unpaired) electrons. The maximum atomic E-state index is 10.9. The molecule has 0 heterocycles. The quantitative estimate of drug-likeness (QED) is 0.725. The van der Waals surface area contributed by atoms with Crippen LogP contribution in [0.5, 0.6) is 0 Å². The van der Waals surface area contributed by atoms with Crippen LogP contribution in [0.3, 0.4) is 0 Å². The van der Waals surface area contributed by atoms with Crippen LogP contribution >= 0.6 is 0 Å². The van der Waals surface area contributed by atoms with E-state index in [1.807, 2.05) is 24.3 Å². The maximum Gasteiger partial charge on any atom is 0.309 e. The molecule has 14 heavy (non-hydrogen) atoms. The van der Waals surface area contributed by atoms with E-state index in [1.165, 1.54) is 7.11 Å². The third kappa shape index (κ3) is 3.18. The molecule has 3 heteroatoms. The fraction of sp³-hybridized carbons (Fsp3) is 0.364. The molecule has 0 atom stereocenters. The molecular formula is C11H14O3. The molecule has 0 unspecified atom stereocenters. The van der Waals surface area contributed by atoms with E-state index >= 15 is 0 Å². The van der Waals surface area contributed by atoms with Crippen molar-refractivity contribution in [2.75, 3.05) is 13.7 Å². The first kappa shape index (κ1) is 10.7. The second kappa shape index (κ2) is 5.40. The summed E-state index contributed by atoms with van der Waals surface area (Å²) in [5.74, 6) is -0.236. The molecule has 0 fully saturated rings. The van der Waals surface area contributed by atoms with Gasteiger partial charge in [0.2, 0.25) is 0 Å². The Morgan fingerprint density at radius 2 is 1.86 bits per heavy atom. The van der Waals surface area contributed by atoms with Crippen LogP contribution in [0.25, 0.3) is 0 Å². The number of rotatable bonds is 4. The standard InChI is InChI=1S/C11H14O3/c1-14-11(13)8-10-4-2-9(3-5-10)6-7-12/h2-5,12H,6-8H2,1H3. The first-order valence-corrected chi connectivity index (χ1v) is 4.51. The normalized spacial score (nSPS) is 9.86. The molecular weight excluding hydrogens is 180 g/mol. The summed E-state index contributed by atoms with van der Waals surface area (Å²) in [6.07, 6.45) is 0.953. The molecule has 76 valence electrons. The highest BCUT2D eigenvalue weighted by molar-refractivity contribution is 5.72. The van der Waals surface area contributed by atoms with Crippen molar-refractivity contribution in [2.45, 2.75) is 12.8 Å². The highest BCUT2D eigenvalue weighted by Crippen LogP contribution is 2.06. The number of ether oxygens (including phenoxy) is 1. The molecule has 0 aliphatic heterocycles. The summed E-state index contributed by atoms with van der Waals surface area (Å²) in [6.45, 7) is 0.149. The summed E-state index contributed by atoms with van der Waals surface area (Å²) in [6, 6.07) is 7.58. The van der Waals surface area contributed by atoms with Crippen LogP contribution in [0.15, 0.2) is 24.3 Å². The van der Waals surface area contributed by atoms with Gasteiger partial charge in [-0.25, -0.2) is 0 Å². The number of hydrogen-bond acceptors (Lipinski definition) is 3. The van der Waals surface area contributed by atoms with E-state index in [4.69, 9.17) is 5.11 Å². The smallest absolute Gasteiger partial charge is 0.309 e. The maximum absolute atomic E-state index is 10.9. The lowest BCUT2D eigenvalue weighted by Crippen LogP contribution is -2.04. The van der Waals surface area contributed by atoms with Crippen LogP contribution in [0.2, 0.25) is 0 Å². The van der Waals surface area contributed by atoms with E-state index in [-0.39, 0.29) is 12.6 Å². The van der Waals surface area contributed by atoms with Gasteiger partial charge in [0.25, 0.3) is 0 Å². The number of aliphatic hydroxyl groups excluding tert-OH is 1. The lowest BCUT2D eigenvalue weighted by Gasteiger charge is -2.01. The Morgan fingerprint density at radius 3 is 2.36 bits per heavy atom. The van der Waals surface area contributed by atoms with Crippen molar-refractivity contribution < 1.29 is 14.6 Å². The highest BCUT2D eigenvalue weighted by Gasteiger charge is 2.01. The predicted molar refractivity (Wildman–Crippen MR) is 53.0 cm³/mol. The van der Waals surface area contributed by atoms with Gasteiger partial charge in [0, 0.05) is 6.61 Å². The number of benzene rings is 1. The van der Waals surface area contributed by atoms with E-state index in [9.17, 15) is 4.79 Å². The van der Waals surface area contributed by atoms with Crippen LogP contribution in [0.4, 0.5) is 0 Å². The van der Waals surface area contributed by atoms with E-state index < -0.39 is 0 Å². The Bertz CT molecular complexity index is 290. The molecule has 0 spiro atoms. The van der Waals surface area contributed by atoms with Gasteiger partial charge in [0.05, 0.1) is 13.5 Å². The molecule has 0 aromatic heterocycles. The van der Waals surface area contributed by atoms with Crippen LogP contribution in [-0.4, -0.2) is 24.8 Å². The second-order valence-corrected chi connectivity index (χ2v) is 3.04. The van der Waals surface area contributed by atoms with E-state index in [1.54, 1.807) is 0 Å². The molecule has 1 rings (SSSR count). The summed E-state index contributed by atoms with van der Waals surface area (Å²) in [4.78, 5) is 10.9. The third-order valence-electron chi connectivity index (χ3n) is 2.00. The van der Waals surface area contributed by atoms with Crippen molar-refractivity contribution in [1.82, 2.24) is 0 Å². The largest absolute Gasteiger partial charge is 0.469 e. The number of carbonyl (C=O) groups excluding carboxylic acids is 1. The van der Waals surface area contributed by atoms with Crippen molar-refractivity contribution >= 4 is 5.97 Å². The van der Waals surface area contributed by atoms with Crippen molar-refractivity contribution in [2.24, 2.45) is 0 Å². The lowest BCUT2D eigenvalue weighted by molar-refractivity contribution is -0.139. The number of hydrogen-bond donors (Lipinski definition) is 1. The second-order valence-electron chi connectivity index (χ2n) is 3.04. The third-order valence-corrected chi connectivity index (χ3v) is 2.00. The molecule has 0 aliphatic rings. The minimum absolute atomic E-state index is 0.149. The van der Waals surface area contributed by atoms with Gasteiger partial charge in [-0.3, -0.25) is 4.79 Å². The Kier molecular flexibility index (Phi) is 4.13.